The van der Waals surface area contributed by atoms with Crippen LogP contribution in [0.3, 0.4) is 0 Å². The third-order valence-corrected chi connectivity index (χ3v) is 4.95. The third-order valence-electron chi connectivity index (χ3n) is 4.47. The summed E-state index contributed by atoms with van der Waals surface area (Å²) in [6, 6.07) is 7.16. The van der Waals surface area contributed by atoms with Crippen LogP contribution in [-0.4, -0.2) is 70.0 Å². The Bertz CT molecular complexity index is 973. The van der Waals surface area contributed by atoms with Crippen molar-refractivity contribution in [2.24, 2.45) is 7.05 Å². The minimum absolute atomic E-state index is 0.183. The lowest BCUT2D eigenvalue weighted by atomic mass is 10.2. The number of rotatable bonds is 6. The molecule has 30 heavy (non-hydrogen) atoms. The lowest BCUT2D eigenvalue weighted by molar-refractivity contribution is -0.154. The number of para-hydroxylation sites is 2. The predicted octanol–water partition coefficient (Wildman–Crippen LogP) is 2.37. The molecule has 0 aliphatic carbocycles. The van der Waals surface area contributed by atoms with Crippen molar-refractivity contribution in [1.29, 1.82) is 0 Å². The molecule has 1 aliphatic rings. The molecule has 1 aromatic heterocycles. The Morgan fingerprint density at radius 2 is 1.97 bits per heavy atom. The van der Waals surface area contributed by atoms with Gasteiger partial charge in [0.05, 0.1) is 19.8 Å². The fourth-order valence-electron chi connectivity index (χ4n) is 2.96. The monoisotopic (exact) mass is 445 g/mol. The van der Waals surface area contributed by atoms with Gasteiger partial charge >= 0.3 is 6.18 Å². The molecule has 0 radical (unpaired) electrons. The molecule has 1 atom stereocenters. The lowest BCUT2D eigenvalue weighted by Crippen LogP contribution is -2.42. The number of hydrogen-bond donors (Lipinski definition) is 0. The first-order valence-electron chi connectivity index (χ1n) is 9.06. The zero-order valence-electron chi connectivity index (χ0n) is 16.7. The molecule has 12 heteroatoms. The van der Waals surface area contributed by atoms with E-state index in [0.29, 0.717) is 17.3 Å². The molecule has 8 nitrogen and oxygen atoms in total. The fraction of sp³-hybridized carbons (Fsp3) is 0.500. The average Bonchev–Trinajstić information content (AvgIpc) is 2.94. The van der Waals surface area contributed by atoms with E-state index in [1.54, 1.807) is 29.8 Å². The Hall–Kier alpha value is -2.60. The minimum atomic E-state index is -4.48. The van der Waals surface area contributed by atoms with Gasteiger partial charge in [-0.2, -0.15) is 18.3 Å². The molecule has 1 amide bonds. The first kappa shape index (κ1) is 22.1. The van der Waals surface area contributed by atoms with Gasteiger partial charge in [0.25, 0.3) is 0 Å². The maximum absolute atomic E-state index is 13.0. The Kier molecular flexibility index (Phi) is 6.36. The van der Waals surface area contributed by atoms with Crippen LogP contribution in [0.4, 0.5) is 13.2 Å². The molecule has 0 fully saturated rings. The predicted molar refractivity (Wildman–Crippen MR) is 104 cm³/mol. The van der Waals surface area contributed by atoms with Crippen molar-refractivity contribution in [1.82, 2.24) is 24.1 Å². The average molecular weight is 445 g/mol. The molecule has 0 saturated heterocycles. The second-order valence-corrected chi connectivity index (χ2v) is 7.46. The van der Waals surface area contributed by atoms with Crippen LogP contribution in [-0.2, 0) is 18.5 Å². The Balaban J connectivity index is 1.82. The third kappa shape index (κ3) is 5.11. The summed E-state index contributed by atoms with van der Waals surface area (Å²) in [6.07, 6.45) is -5.05. The number of benzene rings is 1. The zero-order valence-corrected chi connectivity index (χ0v) is 17.5. The molecule has 1 aromatic carbocycles. The molecule has 0 saturated carbocycles. The molecule has 1 aliphatic heterocycles. The Morgan fingerprint density at radius 3 is 2.60 bits per heavy atom. The molecule has 2 heterocycles. The number of nitrogens with zero attached hydrogens (tertiary/aromatic N) is 5. The molecule has 0 spiro atoms. The smallest absolute Gasteiger partial charge is 0.401 e. The molecule has 2 aromatic rings. The van der Waals surface area contributed by atoms with Gasteiger partial charge in [-0.1, -0.05) is 12.1 Å². The summed E-state index contributed by atoms with van der Waals surface area (Å²) < 4.78 is 53.7. The van der Waals surface area contributed by atoms with Crippen LogP contribution >= 0.6 is 12.2 Å². The van der Waals surface area contributed by atoms with Crippen molar-refractivity contribution in [2.45, 2.75) is 18.9 Å². The van der Waals surface area contributed by atoms with E-state index in [2.05, 4.69) is 5.10 Å². The first-order chi connectivity index (χ1) is 14.0. The first-order valence-corrected chi connectivity index (χ1v) is 9.47. The number of ether oxygens (including phenoxy) is 2. The zero-order chi connectivity index (χ0) is 22.1. The summed E-state index contributed by atoms with van der Waals surface area (Å²) in [5.41, 5.74) is 0. The topological polar surface area (TPSA) is 64.8 Å². The largest absolute Gasteiger partial charge is 0.485 e. The number of aromatic nitrogens is 3. The quantitative estimate of drug-likeness (QED) is 0.637. The Morgan fingerprint density at radius 1 is 1.30 bits per heavy atom. The number of hydrogen-bond acceptors (Lipinski definition) is 6. The van der Waals surface area contributed by atoms with Crippen molar-refractivity contribution in [3.63, 3.8) is 0 Å². The minimum Gasteiger partial charge on any atom is -0.485 e. The highest BCUT2D eigenvalue weighted by Gasteiger charge is 2.33. The van der Waals surface area contributed by atoms with E-state index < -0.39 is 31.3 Å². The number of alkyl halides is 3. The van der Waals surface area contributed by atoms with Gasteiger partial charge < -0.3 is 18.9 Å². The number of amides is 1. The lowest BCUT2D eigenvalue weighted by Gasteiger charge is -2.25. The molecule has 164 valence electrons. The highest BCUT2D eigenvalue weighted by molar-refractivity contribution is 7.71. The summed E-state index contributed by atoms with van der Waals surface area (Å²) in [4.78, 5) is 14.2. The van der Waals surface area contributed by atoms with E-state index in [0.717, 1.165) is 4.90 Å². The van der Waals surface area contributed by atoms with E-state index in [1.807, 2.05) is 6.07 Å². The van der Waals surface area contributed by atoms with Gasteiger partial charge in [0, 0.05) is 21.1 Å². The standard InChI is InChI=1S/C18H22F3N5O3S/c1-23(2)15(27)8-25(10-18(19,20)21)11-26-17(30)24(3)16(22-26)14-9-28-12-6-4-5-7-13(12)29-14/h4-7,14H,8-11H2,1-3H3. The molecule has 3 rings (SSSR count). The molecule has 1 unspecified atom stereocenters. The van der Waals surface area contributed by atoms with Gasteiger partial charge in [-0.05, 0) is 24.4 Å². The summed E-state index contributed by atoms with van der Waals surface area (Å²) in [5, 5.41) is 4.36. The Labute approximate surface area is 176 Å². The van der Waals surface area contributed by atoms with Crippen LogP contribution in [0.5, 0.6) is 11.5 Å². The fourth-order valence-corrected chi connectivity index (χ4v) is 3.15. The summed E-state index contributed by atoms with van der Waals surface area (Å²) >= 11 is 5.35. The van der Waals surface area contributed by atoms with Gasteiger partial charge in [-0.3, -0.25) is 9.69 Å². The van der Waals surface area contributed by atoms with Crippen LogP contribution in [0.15, 0.2) is 24.3 Å². The highest BCUT2D eigenvalue weighted by atomic mass is 32.1. The van der Waals surface area contributed by atoms with Crippen molar-refractivity contribution >= 4 is 18.1 Å². The van der Waals surface area contributed by atoms with Gasteiger partial charge in [-0.15, -0.1) is 0 Å². The summed E-state index contributed by atoms with van der Waals surface area (Å²) in [6.45, 7) is -1.80. The number of fused-ring (bicyclic) bond motifs is 1. The van der Waals surface area contributed by atoms with Crippen molar-refractivity contribution in [3.8, 4) is 11.5 Å². The second-order valence-electron chi connectivity index (χ2n) is 7.10. The molecule has 0 bridgehead atoms. The van der Waals surface area contributed by atoms with Crippen LogP contribution in [0.25, 0.3) is 0 Å². The molecule has 0 N–H and O–H groups in total. The number of carbonyl (C=O) groups excluding carboxylic acids is 1. The van der Waals surface area contributed by atoms with E-state index in [1.165, 1.54) is 23.7 Å². The molecular formula is C18H22F3N5O3S. The maximum Gasteiger partial charge on any atom is 0.401 e. The number of carbonyl (C=O) groups is 1. The normalized spacial score (nSPS) is 16.0. The number of halogens is 3. The van der Waals surface area contributed by atoms with Gasteiger partial charge in [0.15, 0.2) is 28.2 Å². The van der Waals surface area contributed by atoms with Gasteiger partial charge in [-0.25, -0.2) is 4.68 Å². The van der Waals surface area contributed by atoms with Crippen LogP contribution in [0.2, 0.25) is 0 Å². The van der Waals surface area contributed by atoms with Crippen LogP contribution in [0, 0.1) is 4.77 Å². The second kappa shape index (κ2) is 8.64. The summed E-state index contributed by atoms with van der Waals surface area (Å²) in [7, 11) is 4.62. The van der Waals surface area contributed by atoms with Crippen molar-refractivity contribution in [2.75, 3.05) is 33.8 Å². The van der Waals surface area contributed by atoms with Crippen molar-refractivity contribution < 1.29 is 27.4 Å². The highest BCUT2D eigenvalue weighted by Crippen LogP contribution is 2.35. The molecular weight excluding hydrogens is 423 g/mol. The summed E-state index contributed by atoms with van der Waals surface area (Å²) in [5.74, 6) is 1.11. The number of likely N-dealkylation sites (N-methyl/N-ethyl adjacent to an activating group) is 1. The maximum atomic E-state index is 13.0. The van der Waals surface area contributed by atoms with E-state index >= 15 is 0 Å². The van der Waals surface area contributed by atoms with Gasteiger partial charge in [0.1, 0.15) is 6.61 Å². The van der Waals surface area contributed by atoms with Crippen LogP contribution < -0.4 is 9.47 Å². The van der Waals surface area contributed by atoms with E-state index in [9.17, 15) is 18.0 Å². The van der Waals surface area contributed by atoms with E-state index in [-0.39, 0.29) is 18.0 Å². The van der Waals surface area contributed by atoms with E-state index in [4.69, 9.17) is 21.7 Å². The van der Waals surface area contributed by atoms with Gasteiger partial charge in [0.2, 0.25) is 5.91 Å². The van der Waals surface area contributed by atoms with Crippen molar-refractivity contribution in [3.05, 3.63) is 34.9 Å². The SMILES string of the molecule is CN(C)C(=O)CN(Cn1nc(C2COc3ccccc3O2)n(C)c1=S)CC(F)(F)F. The van der Waals surface area contributed by atoms with Crippen LogP contribution in [0.1, 0.15) is 11.9 Å².